The summed E-state index contributed by atoms with van der Waals surface area (Å²) >= 11 is 0. The van der Waals surface area contributed by atoms with Crippen molar-refractivity contribution in [2.75, 3.05) is 19.7 Å². The van der Waals surface area contributed by atoms with Gasteiger partial charge in [-0.3, -0.25) is 4.90 Å². The first kappa shape index (κ1) is 12.1. The number of hydrogen-bond acceptors (Lipinski definition) is 3. The highest BCUT2D eigenvalue weighted by Crippen LogP contribution is 2.24. The molecule has 0 aromatic heterocycles. The van der Waals surface area contributed by atoms with Crippen LogP contribution >= 0.6 is 0 Å². The first-order valence-electron chi connectivity index (χ1n) is 6.03. The molecule has 1 aromatic rings. The minimum absolute atomic E-state index is 0.150. The van der Waals surface area contributed by atoms with E-state index in [0.717, 1.165) is 18.7 Å². The van der Waals surface area contributed by atoms with Gasteiger partial charge in [0.15, 0.2) is 0 Å². The number of hydrogen-bond donors (Lipinski definition) is 0. The summed E-state index contributed by atoms with van der Waals surface area (Å²) in [6, 6.07) is 10.4. The summed E-state index contributed by atoms with van der Waals surface area (Å²) in [5, 5.41) is 9.41. The number of ether oxygens (including phenoxy) is 1. The predicted molar refractivity (Wildman–Crippen MR) is 66.5 cm³/mol. The third kappa shape index (κ3) is 2.66. The lowest BCUT2D eigenvalue weighted by molar-refractivity contribution is -0.0269. The van der Waals surface area contributed by atoms with Gasteiger partial charge in [0.25, 0.3) is 0 Å². The molecule has 0 N–H and O–H groups in total. The van der Waals surface area contributed by atoms with Gasteiger partial charge < -0.3 is 4.74 Å². The summed E-state index contributed by atoms with van der Waals surface area (Å²) in [5.74, 6) is 0. The Balaban J connectivity index is 2.22. The van der Waals surface area contributed by atoms with Crippen molar-refractivity contribution in [2.24, 2.45) is 0 Å². The van der Waals surface area contributed by atoms with Gasteiger partial charge in [-0.05, 0) is 25.0 Å². The minimum Gasteiger partial charge on any atom is -0.376 e. The highest BCUT2D eigenvalue weighted by atomic mass is 16.5. The van der Waals surface area contributed by atoms with E-state index < -0.39 is 0 Å². The molecule has 1 aromatic carbocycles. The van der Waals surface area contributed by atoms with Crippen LogP contribution in [0.4, 0.5) is 0 Å². The zero-order valence-corrected chi connectivity index (χ0v) is 10.4. The van der Waals surface area contributed by atoms with E-state index in [1.54, 1.807) is 0 Å². The highest BCUT2D eigenvalue weighted by Gasteiger charge is 2.26. The Bertz CT molecular complexity index is 424. The molecule has 1 aliphatic heterocycles. The normalized spacial score (nSPS) is 23.0. The molecule has 0 amide bonds. The van der Waals surface area contributed by atoms with Crippen molar-refractivity contribution in [3.05, 3.63) is 35.4 Å². The Hall–Kier alpha value is -1.37. The molecular weight excluding hydrogens is 212 g/mol. The van der Waals surface area contributed by atoms with Crippen LogP contribution in [0.2, 0.25) is 0 Å². The van der Waals surface area contributed by atoms with Crippen LogP contribution in [0, 0.1) is 18.3 Å². The second kappa shape index (κ2) is 5.31. The molecule has 0 saturated carbocycles. The molecule has 17 heavy (non-hydrogen) atoms. The van der Waals surface area contributed by atoms with E-state index in [4.69, 9.17) is 4.74 Å². The second-order valence-corrected chi connectivity index (χ2v) is 4.56. The van der Waals surface area contributed by atoms with Crippen molar-refractivity contribution in [3.63, 3.8) is 0 Å². The van der Waals surface area contributed by atoms with Gasteiger partial charge in [0.2, 0.25) is 0 Å². The SMILES string of the molecule is Cc1ccccc1[C@@H](C#N)N1CCO[C@@H](C)C1. The number of nitrogens with zero attached hydrogens (tertiary/aromatic N) is 2. The van der Waals surface area contributed by atoms with E-state index in [2.05, 4.69) is 30.9 Å². The largest absolute Gasteiger partial charge is 0.376 e. The van der Waals surface area contributed by atoms with Gasteiger partial charge in [0.05, 0.1) is 18.8 Å². The van der Waals surface area contributed by atoms with Gasteiger partial charge in [0.1, 0.15) is 6.04 Å². The van der Waals surface area contributed by atoms with Crippen molar-refractivity contribution in [1.82, 2.24) is 4.90 Å². The molecule has 3 heteroatoms. The second-order valence-electron chi connectivity index (χ2n) is 4.56. The van der Waals surface area contributed by atoms with Gasteiger partial charge in [-0.1, -0.05) is 24.3 Å². The highest BCUT2D eigenvalue weighted by molar-refractivity contribution is 5.32. The summed E-state index contributed by atoms with van der Waals surface area (Å²) in [6.07, 6.45) is 0.212. The molecule has 3 nitrogen and oxygen atoms in total. The smallest absolute Gasteiger partial charge is 0.124 e. The number of aryl methyl sites for hydroxylation is 1. The third-order valence-electron chi connectivity index (χ3n) is 3.24. The standard InChI is InChI=1S/C14H18N2O/c1-11-5-3-4-6-13(11)14(9-15)16-7-8-17-12(2)10-16/h3-6,12,14H,7-8,10H2,1-2H3/t12-,14+/m0/s1. The summed E-state index contributed by atoms with van der Waals surface area (Å²) in [7, 11) is 0. The first-order valence-corrected chi connectivity index (χ1v) is 6.03. The van der Waals surface area contributed by atoms with Gasteiger partial charge in [-0.25, -0.2) is 0 Å². The maximum atomic E-state index is 9.41. The van der Waals surface area contributed by atoms with Crippen LogP contribution in [-0.4, -0.2) is 30.7 Å². The molecule has 90 valence electrons. The fourth-order valence-corrected chi connectivity index (χ4v) is 2.32. The number of nitriles is 1. The maximum absolute atomic E-state index is 9.41. The van der Waals surface area contributed by atoms with Crippen LogP contribution < -0.4 is 0 Å². The van der Waals surface area contributed by atoms with E-state index in [-0.39, 0.29) is 12.1 Å². The van der Waals surface area contributed by atoms with Crippen LogP contribution in [0.3, 0.4) is 0 Å². The zero-order valence-electron chi connectivity index (χ0n) is 10.4. The number of rotatable bonds is 2. The number of benzene rings is 1. The molecule has 0 unspecified atom stereocenters. The van der Waals surface area contributed by atoms with E-state index in [1.165, 1.54) is 5.56 Å². The summed E-state index contributed by atoms with van der Waals surface area (Å²) in [5.41, 5.74) is 2.29. The monoisotopic (exact) mass is 230 g/mol. The molecule has 0 spiro atoms. The summed E-state index contributed by atoms with van der Waals surface area (Å²) in [4.78, 5) is 2.20. The Labute approximate surface area is 103 Å². The molecule has 0 radical (unpaired) electrons. The summed E-state index contributed by atoms with van der Waals surface area (Å²) in [6.45, 7) is 6.48. The molecule has 2 rings (SSSR count). The summed E-state index contributed by atoms with van der Waals surface area (Å²) < 4.78 is 5.52. The van der Waals surface area contributed by atoms with Gasteiger partial charge >= 0.3 is 0 Å². The van der Waals surface area contributed by atoms with E-state index >= 15 is 0 Å². The van der Waals surface area contributed by atoms with E-state index in [0.29, 0.717) is 6.61 Å². The Kier molecular flexibility index (Phi) is 3.78. The third-order valence-corrected chi connectivity index (χ3v) is 3.24. The van der Waals surface area contributed by atoms with Crippen molar-refractivity contribution >= 4 is 0 Å². The molecule has 1 aliphatic rings. The molecule has 0 bridgehead atoms. The lowest BCUT2D eigenvalue weighted by atomic mass is 10.0. The lowest BCUT2D eigenvalue weighted by Gasteiger charge is -2.34. The van der Waals surface area contributed by atoms with Crippen LogP contribution in [0.5, 0.6) is 0 Å². The minimum atomic E-state index is -0.150. The van der Waals surface area contributed by atoms with Gasteiger partial charge in [0, 0.05) is 13.1 Å². The van der Waals surface area contributed by atoms with E-state index in [1.807, 2.05) is 18.2 Å². The first-order chi connectivity index (χ1) is 8.22. The molecule has 1 fully saturated rings. The fourth-order valence-electron chi connectivity index (χ4n) is 2.32. The average Bonchev–Trinajstić information content (AvgIpc) is 2.33. The van der Waals surface area contributed by atoms with Crippen LogP contribution in [0.15, 0.2) is 24.3 Å². The molecular formula is C14H18N2O. The molecule has 1 heterocycles. The molecule has 2 atom stereocenters. The average molecular weight is 230 g/mol. The quantitative estimate of drug-likeness (QED) is 0.782. The van der Waals surface area contributed by atoms with Crippen molar-refractivity contribution < 1.29 is 4.74 Å². The Morgan fingerprint density at radius 2 is 2.24 bits per heavy atom. The Morgan fingerprint density at radius 3 is 2.88 bits per heavy atom. The predicted octanol–water partition coefficient (Wildman–Crippen LogP) is 2.28. The van der Waals surface area contributed by atoms with Crippen LogP contribution in [0.1, 0.15) is 24.1 Å². The van der Waals surface area contributed by atoms with Crippen LogP contribution in [0.25, 0.3) is 0 Å². The maximum Gasteiger partial charge on any atom is 0.124 e. The van der Waals surface area contributed by atoms with E-state index in [9.17, 15) is 5.26 Å². The van der Waals surface area contributed by atoms with Crippen molar-refractivity contribution in [1.29, 1.82) is 5.26 Å². The van der Waals surface area contributed by atoms with Crippen LogP contribution in [-0.2, 0) is 4.74 Å². The molecule has 0 aliphatic carbocycles. The topological polar surface area (TPSA) is 36.3 Å². The van der Waals surface area contributed by atoms with Gasteiger partial charge in [-0.15, -0.1) is 0 Å². The fraction of sp³-hybridized carbons (Fsp3) is 0.500. The lowest BCUT2D eigenvalue weighted by Crippen LogP contribution is -2.42. The molecule has 1 saturated heterocycles. The van der Waals surface area contributed by atoms with Crippen molar-refractivity contribution in [3.8, 4) is 6.07 Å². The number of morpholine rings is 1. The Morgan fingerprint density at radius 1 is 1.47 bits per heavy atom. The van der Waals surface area contributed by atoms with Gasteiger partial charge in [-0.2, -0.15) is 5.26 Å². The zero-order chi connectivity index (χ0) is 12.3. The van der Waals surface area contributed by atoms with Crippen molar-refractivity contribution in [2.45, 2.75) is 26.0 Å².